The zero-order valence-electron chi connectivity index (χ0n) is 18.8. The zero-order chi connectivity index (χ0) is 23.1. The molecule has 0 unspecified atom stereocenters. The van der Waals surface area contributed by atoms with Crippen molar-refractivity contribution in [3.63, 3.8) is 0 Å². The molecule has 3 aromatic rings. The standard InChI is InChI=1S/C24H28N4O4S/c1-31-20-7-6-17(14-21(20)32-2)33(29,30)22-15-25-19-5-3-4-18(23(19)27-22)16-8-10-24(11-9-16)12-13-26-28-24/h3-7,14-16,26,28H,8-13H2,1-2H3. The van der Waals surface area contributed by atoms with Crippen molar-refractivity contribution in [3.05, 3.63) is 48.2 Å². The monoisotopic (exact) mass is 468 g/mol. The molecule has 1 aliphatic heterocycles. The molecule has 2 N–H and O–H groups in total. The predicted octanol–water partition coefficient (Wildman–Crippen LogP) is 3.37. The number of methoxy groups -OCH3 is 2. The van der Waals surface area contributed by atoms with Crippen molar-refractivity contribution in [2.75, 3.05) is 20.8 Å². The molecule has 5 rings (SSSR count). The lowest BCUT2D eigenvalue weighted by molar-refractivity contribution is 0.235. The first-order chi connectivity index (χ1) is 16.0. The molecule has 33 heavy (non-hydrogen) atoms. The zero-order valence-corrected chi connectivity index (χ0v) is 19.6. The minimum atomic E-state index is -3.88. The third kappa shape index (κ3) is 3.94. The van der Waals surface area contributed by atoms with Gasteiger partial charge in [-0.1, -0.05) is 12.1 Å². The van der Waals surface area contributed by atoms with E-state index >= 15 is 0 Å². The maximum atomic E-state index is 13.4. The molecule has 1 saturated carbocycles. The normalized spacial score (nSPS) is 23.2. The van der Waals surface area contributed by atoms with Crippen LogP contribution in [0.3, 0.4) is 0 Å². The number of benzene rings is 2. The Hall–Kier alpha value is -2.75. The first-order valence-electron chi connectivity index (χ1n) is 11.2. The summed E-state index contributed by atoms with van der Waals surface area (Å²) < 4.78 is 37.3. The number of para-hydroxylation sites is 1. The van der Waals surface area contributed by atoms with Gasteiger partial charge in [-0.25, -0.2) is 13.4 Å². The van der Waals surface area contributed by atoms with E-state index < -0.39 is 9.84 Å². The van der Waals surface area contributed by atoms with Gasteiger partial charge < -0.3 is 9.47 Å². The lowest BCUT2D eigenvalue weighted by atomic mass is 9.73. The van der Waals surface area contributed by atoms with Gasteiger partial charge in [0.1, 0.15) is 0 Å². The molecule has 2 aromatic carbocycles. The predicted molar refractivity (Wildman–Crippen MR) is 124 cm³/mol. The fourth-order valence-electron chi connectivity index (χ4n) is 5.07. The van der Waals surface area contributed by atoms with Crippen molar-refractivity contribution in [2.45, 2.75) is 53.5 Å². The summed E-state index contributed by atoms with van der Waals surface area (Å²) in [5.74, 6) is 1.14. The second-order valence-electron chi connectivity index (χ2n) is 8.80. The summed E-state index contributed by atoms with van der Waals surface area (Å²) >= 11 is 0. The van der Waals surface area contributed by atoms with Gasteiger partial charge >= 0.3 is 0 Å². The Morgan fingerprint density at radius 1 is 1.03 bits per heavy atom. The van der Waals surface area contributed by atoms with Crippen LogP contribution in [0, 0.1) is 0 Å². The second kappa shape index (κ2) is 8.55. The van der Waals surface area contributed by atoms with Crippen LogP contribution in [-0.2, 0) is 9.84 Å². The van der Waals surface area contributed by atoms with Crippen LogP contribution in [0.25, 0.3) is 11.0 Å². The Morgan fingerprint density at radius 2 is 1.82 bits per heavy atom. The van der Waals surface area contributed by atoms with Crippen LogP contribution in [0.15, 0.2) is 52.5 Å². The van der Waals surface area contributed by atoms with Crippen LogP contribution in [-0.4, -0.2) is 44.7 Å². The van der Waals surface area contributed by atoms with Crippen molar-refractivity contribution in [3.8, 4) is 11.5 Å². The molecule has 0 amide bonds. The van der Waals surface area contributed by atoms with Gasteiger partial charge in [-0.3, -0.25) is 15.8 Å². The number of fused-ring (bicyclic) bond motifs is 1. The highest BCUT2D eigenvalue weighted by Crippen LogP contribution is 2.42. The quantitative estimate of drug-likeness (QED) is 0.588. The van der Waals surface area contributed by atoms with Gasteiger partial charge in [0.05, 0.1) is 36.3 Å². The molecular formula is C24H28N4O4S. The summed E-state index contributed by atoms with van der Waals surface area (Å²) in [6, 6.07) is 10.5. The average Bonchev–Trinajstić information content (AvgIpc) is 3.31. The van der Waals surface area contributed by atoms with Crippen LogP contribution in [0.5, 0.6) is 11.5 Å². The summed E-state index contributed by atoms with van der Waals surface area (Å²) in [7, 11) is -0.898. The number of sulfone groups is 1. The maximum absolute atomic E-state index is 13.4. The number of rotatable bonds is 5. The number of aromatic nitrogens is 2. The number of hydrogen-bond donors (Lipinski definition) is 2. The highest BCUT2D eigenvalue weighted by Gasteiger charge is 2.38. The van der Waals surface area contributed by atoms with Crippen molar-refractivity contribution < 1.29 is 17.9 Å². The van der Waals surface area contributed by atoms with Gasteiger partial charge in [-0.15, -0.1) is 0 Å². The molecule has 1 saturated heterocycles. The first-order valence-corrected chi connectivity index (χ1v) is 12.7. The summed E-state index contributed by atoms with van der Waals surface area (Å²) in [4.78, 5) is 9.18. The van der Waals surface area contributed by atoms with Crippen molar-refractivity contribution in [1.29, 1.82) is 0 Å². The third-order valence-corrected chi connectivity index (χ3v) is 8.61. The number of ether oxygens (including phenoxy) is 2. The molecule has 8 nitrogen and oxygen atoms in total. The van der Waals surface area contributed by atoms with Crippen molar-refractivity contribution in [1.82, 2.24) is 20.8 Å². The van der Waals surface area contributed by atoms with E-state index in [4.69, 9.17) is 9.47 Å². The van der Waals surface area contributed by atoms with E-state index in [0.717, 1.165) is 44.2 Å². The third-order valence-electron chi connectivity index (χ3n) is 6.99. The summed E-state index contributed by atoms with van der Waals surface area (Å²) in [5, 5.41) is -0.0661. The van der Waals surface area contributed by atoms with E-state index in [2.05, 4.69) is 26.9 Å². The van der Waals surface area contributed by atoms with E-state index in [-0.39, 0.29) is 15.5 Å². The van der Waals surface area contributed by atoms with Gasteiger partial charge in [0.2, 0.25) is 9.84 Å². The Kier molecular flexibility index (Phi) is 5.72. The molecular weight excluding hydrogens is 440 g/mol. The SMILES string of the molecule is COc1ccc(S(=O)(=O)c2cnc3cccc(C4CCC5(CCNN5)CC4)c3n2)cc1OC. The van der Waals surface area contributed by atoms with E-state index in [1.807, 2.05) is 12.1 Å². The second-order valence-corrected chi connectivity index (χ2v) is 10.7. The molecule has 174 valence electrons. The molecule has 1 aliphatic carbocycles. The topological polar surface area (TPSA) is 102 Å². The Morgan fingerprint density at radius 3 is 2.52 bits per heavy atom. The van der Waals surface area contributed by atoms with E-state index in [0.29, 0.717) is 28.5 Å². The molecule has 0 radical (unpaired) electrons. The van der Waals surface area contributed by atoms with Crippen LogP contribution >= 0.6 is 0 Å². The molecule has 2 heterocycles. The van der Waals surface area contributed by atoms with Gasteiger partial charge in [0.25, 0.3) is 0 Å². The maximum Gasteiger partial charge on any atom is 0.225 e. The summed E-state index contributed by atoms with van der Waals surface area (Å²) in [6.07, 6.45) is 6.70. The Labute approximate surface area is 193 Å². The Bertz CT molecular complexity index is 1280. The van der Waals surface area contributed by atoms with Gasteiger partial charge in [0, 0.05) is 18.2 Å². The Balaban J connectivity index is 1.51. The van der Waals surface area contributed by atoms with Crippen molar-refractivity contribution in [2.24, 2.45) is 0 Å². The largest absolute Gasteiger partial charge is 0.493 e. The van der Waals surface area contributed by atoms with Gasteiger partial charge in [-0.05, 0) is 61.8 Å². The minimum absolute atomic E-state index is 0.0661. The molecule has 0 atom stereocenters. The van der Waals surface area contributed by atoms with E-state index in [1.54, 1.807) is 6.07 Å². The fourth-order valence-corrected chi connectivity index (χ4v) is 6.23. The van der Waals surface area contributed by atoms with Gasteiger partial charge in [0.15, 0.2) is 16.5 Å². The number of nitrogens with zero attached hydrogens (tertiary/aromatic N) is 2. The number of hydrogen-bond acceptors (Lipinski definition) is 8. The van der Waals surface area contributed by atoms with Crippen molar-refractivity contribution >= 4 is 20.9 Å². The molecule has 0 bridgehead atoms. The smallest absolute Gasteiger partial charge is 0.225 e. The fraction of sp³-hybridized carbons (Fsp3) is 0.417. The summed E-state index contributed by atoms with van der Waals surface area (Å²) in [6.45, 7) is 1.00. The van der Waals surface area contributed by atoms with Crippen LogP contribution in [0.4, 0.5) is 0 Å². The van der Waals surface area contributed by atoms with E-state index in [9.17, 15) is 8.42 Å². The lowest BCUT2D eigenvalue weighted by Gasteiger charge is -2.37. The van der Waals surface area contributed by atoms with Crippen LogP contribution in [0.2, 0.25) is 0 Å². The van der Waals surface area contributed by atoms with Crippen LogP contribution < -0.4 is 20.3 Å². The number of nitrogens with one attached hydrogen (secondary N) is 2. The van der Waals surface area contributed by atoms with Gasteiger partial charge in [-0.2, -0.15) is 0 Å². The van der Waals surface area contributed by atoms with E-state index in [1.165, 1.54) is 32.5 Å². The molecule has 2 fully saturated rings. The minimum Gasteiger partial charge on any atom is -0.493 e. The molecule has 2 aliphatic rings. The summed E-state index contributed by atoms with van der Waals surface area (Å²) in [5.41, 5.74) is 9.37. The molecule has 9 heteroatoms. The lowest BCUT2D eigenvalue weighted by Crippen LogP contribution is -2.46. The first kappa shape index (κ1) is 22.1. The molecule has 1 aromatic heterocycles. The average molecular weight is 469 g/mol. The number of hydrazine groups is 1. The van der Waals surface area contributed by atoms with Crippen LogP contribution in [0.1, 0.15) is 43.6 Å². The highest BCUT2D eigenvalue weighted by molar-refractivity contribution is 7.91. The highest BCUT2D eigenvalue weighted by atomic mass is 32.2. The molecule has 1 spiro atoms.